The number of carbonyl (C=O) groups is 1. The molecule has 1 saturated heterocycles. The van der Waals surface area contributed by atoms with Crippen LogP contribution >= 0.6 is 11.3 Å². The first-order valence-corrected chi connectivity index (χ1v) is 12.0. The van der Waals surface area contributed by atoms with Gasteiger partial charge in [-0.2, -0.15) is 4.31 Å². The van der Waals surface area contributed by atoms with Crippen LogP contribution in [0.1, 0.15) is 18.4 Å². The number of sulfonamides is 1. The normalized spacial score (nSPS) is 17.1. The summed E-state index contributed by atoms with van der Waals surface area (Å²) in [6.45, 7) is 2.20. The van der Waals surface area contributed by atoms with Crippen LogP contribution in [0.25, 0.3) is 10.2 Å². The summed E-state index contributed by atoms with van der Waals surface area (Å²) in [5, 5.41) is 3.19. The Morgan fingerprint density at radius 3 is 2.52 bits per heavy atom. The van der Waals surface area contributed by atoms with Gasteiger partial charge in [-0.3, -0.25) is 4.79 Å². The molecule has 2 heterocycles. The molecule has 1 amide bonds. The SMILES string of the molecule is COc1cc2nc(NC(=O)[C@@H]3CCCN3S(=O)(=O)c3ccc(C)cc3)sc2cc1OC. The Bertz CT molecular complexity index is 1180. The molecule has 0 saturated carbocycles. The summed E-state index contributed by atoms with van der Waals surface area (Å²) in [6, 6.07) is 9.42. The van der Waals surface area contributed by atoms with E-state index in [1.807, 2.05) is 6.92 Å². The van der Waals surface area contributed by atoms with E-state index in [0.29, 0.717) is 41.5 Å². The topological polar surface area (TPSA) is 97.8 Å². The van der Waals surface area contributed by atoms with Gasteiger partial charge in [0.1, 0.15) is 6.04 Å². The Kier molecular flexibility index (Phi) is 5.87. The Morgan fingerprint density at radius 1 is 1.16 bits per heavy atom. The number of thiazole rings is 1. The fraction of sp³-hybridized carbons (Fsp3) is 0.333. The molecule has 0 aliphatic carbocycles. The highest BCUT2D eigenvalue weighted by atomic mass is 32.2. The molecule has 1 aliphatic heterocycles. The van der Waals surface area contributed by atoms with Gasteiger partial charge in [-0.15, -0.1) is 0 Å². The highest BCUT2D eigenvalue weighted by Gasteiger charge is 2.39. The van der Waals surface area contributed by atoms with Gasteiger partial charge in [0.15, 0.2) is 16.6 Å². The zero-order chi connectivity index (χ0) is 22.2. The number of ether oxygens (including phenoxy) is 2. The zero-order valence-electron chi connectivity index (χ0n) is 17.4. The standard InChI is InChI=1S/C21H23N3O5S2/c1-13-6-8-14(9-7-13)31(26,27)24-10-4-5-16(24)20(25)23-21-22-15-11-17(28-2)18(29-3)12-19(15)30-21/h6-9,11-12,16H,4-5,10H2,1-3H3,(H,22,23,25)/t16-/m0/s1. The van der Waals surface area contributed by atoms with Gasteiger partial charge < -0.3 is 14.8 Å². The number of aryl methyl sites for hydroxylation is 1. The number of methoxy groups -OCH3 is 2. The van der Waals surface area contributed by atoms with Gasteiger partial charge in [-0.1, -0.05) is 29.0 Å². The lowest BCUT2D eigenvalue weighted by Crippen LogP contribution is -2.43. The number of fused-ring (bicyclic) bond motifs is 1. The third kappa shape index (κ3) is 4.10. The maximum absolute atomic E-state index is 13.1. The smallest absolute Gasteiger partial charge is 0.244 e. The second-order valence-electron chi connectivity index (χ2n) is 7.27. The van der Waals surface area contributed by atoms with Crippen molar-refractivity contribution in [3.8, 4) is 11.5 Å². The fourth-order valence-corrected chi connectivity index (χ4v) is 6.17. The van der Waals surface area contributed by atoms with Gasteiger partial charge >= 0.3 is 0 Å². The van der Waals surface area contributed by atoms with Crippen LogP contribution in [0.2, 0.25) is 0 Å². The number of anilines is 1. The minimum absolute atomic E-state index is 0.192. The highest BCUT2D eigenvalue weighted by molar-refractivity contribution is 7.89. The summed E-state index contributed by atoms with van der Waals surface area (Å²) in [7, 11) is -0.666. The quantitative estimate of drug-likeness (QED) is 0.604. The first kappa shape index (κ1) is 21.5. The Labute approximate surface area is 184 Å². The molecule has 1 fully saturated rings. The molecule has 1 aliphatic rings. The molecule has 3 aromatic rings. The van der Waals surface area contributed by atoms with E-state index in [-0.39, 0.29) is 10.8 Å². The Balaban J connectivity index is 1.57. The largest absolute Gasteiger partial charge is 0.493 e. The van der Waals surface area contributed by atoms with Gasteiger partial charge in [0.2, 0.25) is 15.9 Å². The number of hydrogen-bond donors (Lipinski definition) is 1. The molecule has 8 nitrogen and oxygen atoms in total. The van der Waals surface area contributed by atoms with Crippen molar-refractivity contribution in [2.24, 2.45) is 0 Å². The number of benzene rings is 2. The van der Waals surface area contributed by atoms with Crippen LogP contribution in [-0.2, 0) is 14.8 Å². The second-order valence-corrected chi connectivity index (χ2v) is 10.2. The van der Waals surface area contributed by atoms with Crippen molar-refractivity contribution in [3.05, 3.63) is 42.0 Å². The minimum atomic E-state index is -3.76. The van der Waals surface area contributed by atoms with Crippen LogP contribution in [0, 0.1) is 6.92 Å². The lowest BCUT2D eigenvalue weighted by molar-refractivity contribution is -0.119. The average Bonchev–Trinajstić information content (AvgIpc) is 3.39. The van der Waals surface area contributed by atoms with Crippen molar-refractivity contribution in [1.82, 2.24) is 9.29 Å². The second kappa shape index (κ2) is 8.45. The molecule has 0 bridgehead atoms. The molecule has 31 heavy (non-hydrogen) atoms. The first-order chi connectivity index (χ1) is 14.8. The van der Waals surface area contributed by atoms with Crippen LogP contribution in [0.4, 0.5) is 5.13 Å². The van der Waals surface area contributed by atoms with E-state index in [4.69, 9.17) is 9.47 Å². The van der Waals surface area contributed by atoms with Crippen molar-refractivity contribution in [2.75, 3.05) is 26.1 Å². The Morgan fingerprint density at radius 2 is 1.84 bits per heavy atom. The maximum Gasteiger partial charge on any atom is 0.244 e. The molecule has 1 atom stereocenters. The molecule has 0 spiro atoms. The zero-order valence-corrected chi connectivity index (χ0v) is 19.0. The van der Waals surface area contributed by atoms with Crippen molar-refractivity contribution >= 4 is 42.6 Å². The first-order valence-electron chi connectivity index (χ1n) is 9.75. The molecular weight excluding hydrogens is 438 g/mol. The molecule has 2 aromatic carbocycles. The number of rotatable bonds is 6. The van der Waals surface area contributed by atoms with Gasteiger partial charge in [-0.25, -0.2) is 13.4 Å². The lowest BCUT2D eigenvalue weighted by Gasteiger charge is -2.23. The van der Waals surface area contributed by atoms with Crippen molar-refractivity contribution in [3.63, 3.8) is 0 Å². The van der Waals surface area contributed by atoms with Gasteiger partial charge in [-0.05, 0) is 31.9 Å². The molecule has 10 heteroatoms. The summed E-state index contributed by atoms with van der Waals surface area (Å²) < 4.78 is 38.9. The third-order valence-corrected chi connectivity index (χ3v) is 8.11. The van der Waals surface area contributed by atoms with Crippen molar-refractivity contribution in [1.29, 1.82) is 0 Å². The van der Waals surface area contributed by atoms with E-state index >= 15 is 0 Å². The minimum Gasteiger partial charge on any atom is -0.493 e. The molecule has 4 rings (SSSR count). The summed E-state index contributed by atoms with van der Waals surface area (Å²) in [6.07, 6.45) is 1.08. The Hall–Kier alpha value is -2.69. The number of aromatic nitrogens is 1. The number of nitrogens with zero attached hydrogens (tertiary/aromatic N) is 2. The molecule has 164 valence electrons. The molecular formula is C21H23N3O5S2. The van der Waals surface area contributed by atoms with Gasteiger partial charge in [0.05, 0.1) is 29.3 Å². The van der Waals surface area contributed by atoms with E-state index in [1.54, 1.807) is 50.6 Å². The van der Waals surface area contributed by atoms with Gasteiger partial charge in [0, 0.05) is 18.7 Å². The van der Waals surface area contributed by atoms with E-state index in [9.17, 15) is 13.2 Å². The summed E-state index contributed by atoms with van der Waals surface area (Å²) >= 11 is 1.29. The van der Waals surface area contributed by atoms with Crippen LogP contribution in [0.3, 0.4) is 0 Å². The van der Waals surface area contributed by atoms with Crippen LogP contribution in [0.5, 0.6) is 11.5 Å². The maximum atomic E-state index is 13.1. The van der Waals surface area contributed by atoms with Crippen molar-refractivity contribution in [2.45, 2.75) is 30.7 Å². The van der Waals surface area contributed by atoms with Crippen molar-refractivity contribution < 1.29 is 22.7 Å². The predicted octanol–water partition coefficient (Wildman–Crippen LogP) is 3.41. The summed E-state index contributed by atoms with van der Waals surface area (Å²) in [5.74, 6) is 0.734. The van der Waals surface area contributed by atoms with Crippen LogP contribution in [-0.4, -0.2) is 50.4 Å². The van der Waals surface area contributed by atoms with E-state index in [0.717, 1.165) is 10.3 Å². The predicted molar refractivity (Wildman–Crippen MR) is 119 cm³/mol. The average molecular weight is 462 g/mol. The fourth-order valence-electron chi connectivity index (χ4n) is 3.63. The van der Waals surface area contributed by atoms with E-state index in [1.165, 1.54) is 15.6 Å². The molecule has 1 aromatic heterocycles. The number of carbonyl (C=O) groups excluding carboxylic acids is 1. The summed E-state index contributed by atoms with van der Waals surface area (Å²) in [4.78, 5) is 17.6. The molecule has 1 N–H and O–H groups in total. The number of hydrogen-bond acceptors (Lipinski definition) is 7. The monoisotopic (exact) mass is 461 g/mol. The van der Waals surface area contributed by atoms with Crippen LogP contribution in [0.15, 0.2) is 41.3 Å². The van der Waals surface area contributed by atoms with E-state index < -0.39 is 16.1 Å². The summed E-state index contributed by atoms with van der Waals surface area (Å²) in [5.41, 5.74) is 1.63. The van der Waals surface area contributed by atoms with E-state index in [2.05, 4.69) is 10.3 Å². The number of amides is 1. The highest BCUT2D eigenvalue weighted by Crippen LogP contribution is 2.36. The number of nitrogens with one attached hydrogen (secondary N) is 1. The molecule has 0 unspecified atom stereocenters. The van der Waals surface area contributed by atoms with Gasteiger partial charge in [0.25, 0.3) is 0 Å². The van der Waals surface area contributed by atoms with Crippen LogP contribution < -0.4 is 14.8 Å². The molecule has 0 radical (unpaired) electrons. The third-order valence-electron chi connectivity index (χ3n) is 5.26. The lowest BCUT2D eigenvalue weighted by atomic mass is 10.2.